The van der Waals surface area contributed by atoms with Gasteiger partial charge < -0.3 is 19.9 Å². The molecule has 0 aromatic carbocycles. The van der Waals surface area contributed by atoms with Crippen LogP contribution >= 0.6 is 0 Å². The number of ether oxygens (including phenoxy) is 1. The lowest BCUT2D eigenvalue weighted by Crippen LogP contribution is -2.42. The van der Waals surface area contributed by atoms with Crippen LogP contribution in [0, 0.1) is 0 Å². The van der Waals surface area contributed by atoms with Crippen LogP contribution in [-0.2, 0) is 4.74 Å². The molecule has 2 saturated heterocycles. The Labute approximate surface area is 164 Å². The zero-order valence-corrected chi connectivity index (χ0v) is 15.9. The summed E-state index contributed by atoms with van der Waals surface area (Å²) in [7, 11) is 0. The van der Waals surface area contributed by atoms with Crippen molar-refractivity contribution in [2.24, 2.45) is 0 Å². The topological polar surface area (TPSA) is 70.8 Å². The van der Waals surface area contributed by atoms with Gasteiger partial charge in [-0.25, -0.2) is 14.5 Å². The first-order chi connectivity index (χ1) is 13.9. The van der Waals surface area contributed by atoms with Crippen molar-refractivity contribution in [3.8, 4) is 0 Å². The van der Waals surface area contributed by atoms with Gasteiger partial charge in [-0.1, -0.05) is 0 Å². The van der Waals surface area contributed by atoms with Crippen LogP contribution in [0.1, 0.15) is 12.8 Å². The van der Waals surface area contributed by atoms with Crippen molar-refractivity contribution >= 4 is 22.8 Å². The van der Waals surface area contributed by atoms with Crippen LogP contribution in [0.15, 0.2) is 43.0 Å². The van der Waals surface area contributed by atoms with Crippen LogP contribution in [-0.4, -0.2) is 65.0 Å². The molecular formula is C20H25N7O. The molecule has 0 amide bonds. The van der Waals surface area contributed by atoms with Crippen molar-refractivity contribution in [1.29, 1.82) is 0 Å². The van der Waals surface area contributed by atoms with E-state index >= 15 is 0 Å². The molecule has 2 fully saturated rings. The van der Waals surface area contributed by atoms with Gasteiger partial charge in [-0.3, -0.25) is 0 Å². The summed E-state index contributed by atoms with van der Waals surface area (Å²) in [4.78, 5) is 13.8. The van der Waals surface area contributed by atoms with Crippen LogP contribution in [0.25, 0.3) is 5.65 Å². The molecular weight excluding hydrogens is 354 g/mol. The molecule has 1 atom stereocenters. The van der Waals surface area contributed by atoms with Gasteiger partial charge in [0.25, 0.3) is 0 Å². The Kier molecular flexibility index (Phi) is 4.70. The van der Waals surface area contributed by atoms with Crippen molar-refractivity contribution in [3.63, 3.8) is 0 Å². The molecule has 2 aliphatic heterocycles. The minimum Gasteiger partial charge on any atom is -0.378 e. The molecule has 1 N–H and O–H groups in total. The van der Waals surface area contributed by atoms with Crippen molar-refractivity contribution in [2.75, 3.05) is 54.5 Å². The van der Waals surface area contributed by atoms with Gasteiger partial charge in [0.15, 0.2) is 5.65 Å². The molecule has 0 bridgehead atoms. The Morgan fingerprint density at radius 3 is 2.93 bits per heavy atom. The number of anilines is 3. The minimum atomic E-state index is 0.347. The Balaban J connectivity index is 1.29. The summed E-state index contributed by atoms with van der Waals surface area (Å²) in [6, 6.07) is 6.48. The highest BCUT2D eigenvalue weighted by Gasteiger charge is 2.23. The standard InChI is InChI=1S/C20H25N7O/c1-3-16(15-26(7-1)18-14-23-27-8-2-5-22-20(18)27)24-19-13-17(4-6-21-19)25-9-11-28-12-10-25/h2,4-6,8,13-14,16H,1,3,7,9-12,15H2,(H,21,24)/t16-/m1/s1. The molecule has 5 heterocycles. The molecule has 3 aromatic heterocycles. The van der Waals surface area contributed by atoms with Gasteiger partial charge in [0, 0.05) is 62.6 Å². The highest BCUT2D eigenvalue weighted by molar-refractivity contribution is 5.68. The molecule has 8 nitrogen and oxygen atoms in total. The maximum Gasteiger partial charge on any atom is 0.178 e. The van der Waals surface area contributed by atoms with Crippen LogP contribution in [0.5, 0.6) is 0 Å². The lowest BCUT2D eigenvalue weighted by atomic mass is 10.1. The van der Waals surface area contributed by atoms with E-state index in [-0.39, 0.29) is 0 Å². The summed E-state index contributed by atoms with van der Waals surface area (Å²) in [6.07, 6.45) is 9.83. The molecule has 0 spiro atoms. The fraction of sp³-hybridized carbons (Fsp3) is 0.450. The summed E-state index contributed by atoms with van der Waals surface area (Å²) >= 11 is 0. The Morgan fingerprint density at radius 2 is 2.00 bits per heavy atom. The lowest BCUT2D eigenvalue weighted by molar-refractivity contribution is 0.122. The maximum atomic E-state index is 5.46. The van der Waals surface area contributed by atoms with E-state index in [0.717, 1.165) is 69.4 Å². The number of pyridine rings is 1. The van der Waals surface area contributed by atoms with Crippen LogP contribution in [0.4, 0.5) is 17.2 Å². The predicted octanol–water partition coefficient (Wildman–Crippen LogP) is 2.04. The number of hydrogen-bond donors (Lipinski definition) is 1. The number of aromatic nitrogens is 4. The quantitative estimate of drug-likeness (QED) is 0.744. The van der Waals surface area contributed by atoms with E-state index in [1.54, 1.807) is 0 Å². The zero-order valence-electron chi connectivity index (χ0n) is 15.9. The van der Waals surface area contributed by atoms with Crippen molar-refractivity contribution in [2.45, 2.75) is 18.9 Å². The van der Waals surface area contributed by atoms with E-state index < -0.39 is 0 Å². The molecule has 0 unspecified atom stereocenters. The highest BCUT2D eigenvalue weighted by atomic mass is 16.5. The number of nitrogens with zero attached hydrogens (tertiary/aromatic N) is 6. The predicted molar refractivity (Wildman–Crippen MR) is 109 cm³/mol. The van der Waals surface area contributed by atoms with Crippen LogP contribution in [0.3, 0.4) is 0 Å². The van der Waals surface area contributed by atoms with Gasteiger partial charge in [0.05, 0.1) is 19.4 Å². The molecule has 2 aliphatic rings. The number of morpholine rings is 1. The third kappa shape index (κ3) is 3.47. The second-order valence-corrected chi connectivity index (χ2v) is 7.35. The summed E-state index contributed by atoms with van der Waals surface area (Å²) in [5, 5.41) is 8.07. The summed E-state index contributed by atoms with van der Waals surface area (Å²) in [5.41, 5.74) is 3.22. The molecule has 8 heteroatoms. The molecule has 146 valence electrons. The number of piperidine rings is 1. The third-order valence-electron chi connectivity index (χ3n) is 5.49. The Bertz CT molecular complexity index is 937. The molecule has 0 aliphatic carbocycles. The van der Waals surface area contributed by atoms with E-state index in [0.29, 0.717) is 6.04 Å². The monoisotopic (exact) mass is 379 g/mol. The Hall–Kier alpha value is -2.87. The van der Waals surface area contributed by atoms with Crippen LogP contribution < -0.4 is 15.1 Å². The second kappa shape index (κ2) is 7.63. The first-order valence-electron chi connectivity index (χ1n) is 9.95. The van der Waals surface area contributed by atoms with Gasteiger partial charge in [-0.05, 0) is 25.0 Å². The average molecular weight is 379 g/mol. The van der Waals surface area contributed by atoms with E-state index in [4.69, 9.17) is 4.74 Å². The normalized spacial score (nSPS) is 20.5. The third-order valence-corrected chi connectivity index (χ3v) is 5.49. The summed E-state index contributed by atoms with van der Waals surface area (Å²) < 4.78 is 7.29. The lowest BCUT2D eigenvalue weighted by Gasteiger charge is -2.34. The van der Waals surface area contributed by atoms with Gasteiger partial charge in [-0.15, -0.1) is 0 Å². The fourth-order valence-electron chi connectivity index (χ4n) is 4.08. The van der Waals surface area contributed by atoms with Crippen molar-refractivity contribution in [3.05, 3.63) is 43.0 Å². The number of hydrogen-bond acceptors (Lipinski definition) is 7. The smallest absolute Gasteiger partial charge is 0.178 e. The zero-order chi connectivity index (χ0) is 18.8. The van der Waals surface area contributed by atoms with E-state index in [2.05, 4.69) is 42.3 Å². The van der Waals surface area contributed by atoms with Crippen molar-refractivity contribution < 1.29 is 4.74 Å². The van der Waals surface area contributed by atoms with E-state index in [9.17, 15) is 0 Å². The maximum absolute atomic E-state index is 5.46. The fourth-order valence-corrected chi connectivity index (χ4v) is 4.08. The number of fused-ring (bicyclic) bond motifs is 1. The highest BCUT2D eigenvalue weighted by Crippen LogP contribution is 2.25. The van der Waals surface area contributed by atoms with Gasteiger partial charge in [0.1, 0.15) is 11.5 Å². The molecule has 5 rings (SSSR count). The summed E-state index contributed by atoms with van der Waals surface area (Å²) in [6.45, 7) is 5.39. The van der Waals surface area contributed by atoms with Crippen molar-refractivity contribution in [1.82, 2.24) is 19.6 Å². The average Bonchev–Trinajstić information content (AvgIpc) is 3.19. The molecule has 0 radical (unpaired) electrons. The Morgan fingerprint density at radius 1 is 1.07 bits per heavy atom. The molecule has 3 aromatic rings. The van der Waals surface area contributed by atoms with E-state index in [1.807, 2.05) is 35.4 Å². The molecule has 0 saturated carbocycles. The second-order valence-electron chi connectivity index (χ2n) is 7.35. The minimum absolute atomic E-state index is 0.347. The van der Waals surface area contributed by atoms with Crippen LogP contribution in [0.2, 0.25) is 0 Å². The number of nitrogens with one attached hydrogen (secondary N) is 1. The van der Waals surface area contributed by atoms with Gasteiger partial charge >= 0.3 is 0 Å². The molecule has 28 heavy (non-hydrogen) atoms. The van der Waals surface area contributed by atoms with Gasteiger partial charge in [0.2, 0.25) is 0 Å². The SMILES string of the molecule is c1cnc2c(N3CCC[C@@H](Nc4cc(N5CCOCC5)ccn4)C3)cnn2c1. The first kappa shape index (κ1) is 17.2. The first-order valence-corrected chi connectivity index (χ1v) is 9.95. The summed E-state index contributed by atoms with van der Waals surface area (Å²) in [5.74, 6) is 0.939. The largest absolute Gasteiger partial charge is 0.378 e. The number of rotatable bonds is 4. The van der Waals surface area contributed by atoms with E-state index in [1.165, 1.54) is 5.69 Å². The van der Waals surface area contributed by atoms with Gasteiger partial charge in [-0.2, -0.15) is 5.10 Å².